The number of hydrogen-bond acceptors (Lipinski definition) is 1. The fraction of sp³-hybridized carbons (Fsp3) is 0.133. The number of nitrogens with zero attached hydrogens (tertiary/aromatic N) is 1. The maximum Gasteiger partial charge on any atom is 0.0715 e. The van der Waals surface area contributed by atoms with Crippen molar-refractivity contribution in [1.29, 1.82) is 0 Å². The molecule has 4 aromatic carbocycles. The van der Waals surface area contributed by atoms with E-state index in [0.717, 1.165) is 13.1 Å². The van der Waals surface area contributed by atoms with Crippen molar-refractivity contribution in [2.75, 3.05) is 13.1 Å². The number of hydrogen-bond donors (Lipinski definition) is 0. The summed E-state index contributed by atoms with van der Waals surface area (Å²) in [7, 11) is 0. The Morgan fingerprint density at radius 3 is 1.82 bits per heavy atom. The standard InChI is InChI=1S/C30H30NPS/c1-3-31(4-2)32(33,27-20-12-7-13-21-27)30-23-15-14-22-28(30)29(26-18-10-6-11-19-26)24-25-16-8-5-9-17-25/h5-24H,3-4H2,1-2H3/b29-24+/t32-/m1/s1. The third-order valence-electron chi connectivity index (χ3n) is 5.95. The molecule has 0 aliphatic carbocycles. The highest BCUT2D eigenvalue weighted by atomic mass is 32.4. The van der Waals surface area contributed by atoms with Gasteiger partial charge in [-0.1, -0.05) is 141 Å². The zero-order valence-electron chi connectivity index (χ0n) is 19.3. The minimum atomic E-state index is -2.23. The van der Waals surface area contributed by atoms with Crippen molar-refractivity contribution < 1.29 is 0 Å². The van der Waals surface area contributed by atoms with Crippen LogP contribution >= 0.6 is 6.19 Å². The van der Waals surface area contributed by atoms with Gasteiger partial charge in [0.2, 0.25) is 0 Å². The third kappa shape index (κ3) is 4.94. The molecule has 0 saturated heterocycles. The van der Waals surface area contributed by atoms with Gasteiger partial charge in [-0.15, -0.1) is 0 Å². The van der Waals surface area contributed by atoms with Crippen LogP contribution in [0.2, 0.25) is 0 Å². The molecule has 33 heavy (non-hydrogen) atoms. The van der Waals surface area contributed by atoms with E-state index in [-0.39, 0.29) is 0 Å². The molecule has 0 aromatic heterocycles. The van der Waals surface area contributed by atoms with Crippen LogP contribution in [0.1, 0.15) is 30.5 Å². The molecule has 0 N–H and O–H groups in total. The smallest absolute Gasteiger partial charge is 0.0715 e. The van der Waals surface area contributed by atoms with Gasteiger partial charge in [0.05, 0.1) is 6.19 Å². The van der Waals surface area contributed by atoms with E-state index in [1.807, 2.05) is 0 Å². The highest BCUT2D eigenvalue weighted by Crippen LogP contribution is 2.49. The number of benzene rings is 4. The van der Waals surface area contributed by atoms with Gasteiger partial charge in [-0.05, 0) is 28.3 Å². The molecule has 0 fully saturated rings. The molecule has 4 rings (SSSR count). The van der Waals surface area contributed by atoms with Crippen LogP contribution in [0.5, 0.6) is 0 Å². The van der Waals surface area contributed by atoms with Gasteiger partial charge in [0.15, 0.2) is 0 Å². The van der Waals surface area contributed by atoms with Gasteiger partial charge in [-0.25, -0.2) is 0 Å². The molecule has 4 aromatic rings. The Morgan fingerprint density at radius 2 is 1.21 bits per heavy atom. The molecule has 0 bridgehead atoms. The fourth-order valence-corrected chi connectivity index (χ4v) is 8.95. The van der Waals surface area contributed by atoms with E-state index in [2.05, 4.69) is 140 Å². The van der Waals surface area contributed by atoms with Crippen LogP contribution in [0.25, 0.3) is 11.6 Å². The van der Waals surface area contributed by atoms with Crippen molar-refractivity contribution in [3.8, 4) is 0 Å². The van der Waals surface area contributed by atoms with Gasteiger partial charge in [0, 0.05) is 23.7 Å². The highest BCUT2D eigenvalue weighted by molar-refractivity contribution is 8.20. The molecule has 0 amide bonds. The summed E-state index contributed by atoms with van der Waals surface area (Å²) in [6, 6.07) is 40.7. The molecule has 0 saturated carbocycles. The van der Waals surface area contributed by atoms with Gasteiger partial charge in [-0.2, -0.15) is 0 Å². The average Bonchev–Trinajstić information content (AvgIpc) is 2.89. The molecule has 1 nitrogen and oxygen atoms in total. The first-order valence-electron chi connectivity index (χ1n) is 11.5. The van der Waals surface area contributed by atoms with Gasteiger partial charge < -0.3 is 0 Å². The van der Waals surface area contributed by atoms with Gasteiger partial charge in [-0.3, -0.25) is 4.67 Å². The Labute approximate surface area is 203 Å². The van der Waals surface area contributed by atoms with Crippen molar-refractivity contribution in [3.05, 3.63) is 132 Å². The van der Waals surface area contributed by atoms with E-state index >= 15 is 0 Å². The zero-order valence-corrected chi connectivity index (χ0v) is 21.0. The lowest BCUT2D eigenvalue weighted by Crippen LogP contribution is -2.33. The summed E-state index contributed by atoms with van der Waals surface area (Å²) in [6.45, 7) is 6.27. The maximum absolute atomic E-state index is 6.69. The molecule has 0 spiro atoms. The van der Waals surface area contributed by atoms with Crippen molar-refractivity contribution >= 4 is 40.3 Å². The normalized spacial score (nSPS) is 13.6. The summed E-state index contributed by atoms with van der Waals surface area (Å²) in [6.07, 6.45) is 0.0677. The summed E-state index contributed by atoms with van der Waals surface area (Å²) >= 11 is 6.69. The Bertz CT molecular complexity index is 1250. The van der Waals surface area contributed by atoms with Crippen LogP contribution in [0.15, 0.2) is 115 Å². The zero-order chi connectivity index (χ0) is 23.1. The summed E-state index contributed by atoms with van der Waals surface area (Å²) in [4.78, 5) is 0. The van der Waals surface area contributed by atoms with E-state index in [1.165, 1.54) is 32.9 Å². The van der Waals surface area contributed by atoms with Crippen molar-refractivity contribution in [2.45, 2.75) is 13.8 Å². The van der Waals surface area contributed by atoms with Gasteiger partial charge >= 0.3 is 0 Å². The SMILES string of the molecule is CCN(CC)[P@@](=S)(c1ccccc1)c1ccccc1/C(=C/c1ccccc1)c1ccccc1. The maximum atomic E-state index is 6.69. The van der Waals surface area contributed by atoms with E-state index in [0.29, 0.717) is 0 Å². The Hall–Kier alpha value is -2.77. The predicted octanol–water partition coefficient (Wildman–Crippen LogP) is 6.96. The summed E-state index contributed by atoms with van der Waals surface area (Å²) < 4.78 is 2.49. The van der Waals surface area contributed by atoms with Crippen LogP contribution in [-0.2, 0) is 11.8 Å². The lowest BCUT2D eigenvalue weighted by molar-refractivity contribution is 0.513. The second kappa shape index (κ2) is 10.9. The quantitative estimate of drug-likeness (QED) is 0.203. The lowest BCUT2D eigenvalue weighted by Gasteiger charge is -2.36. The second-order valence-corrected chi connectivity index (χ2v) is 12.2. The van der Waals surface area contributed by atoms with Crippen molar-refractivity contribution in [3.63, 3.8) is 0 Å². The average molecular weight is 468 g/mol. The van der Waals surface area contributed by atoms with Crippen molar-refractivity contribution in [2.24, 2.45) is 0 Å². The first kappa shape index (κ1) is 23.4. The molecular formula is C30H30NPS. The molecular weight excluding hydrogens is 437 g/mol. The van der Waals surface area contributed by atoms with E-state index < -0.39 is 6.19 Å². The Morgan fingerprint density at radius 1 is 0.697 bits per heavy atom. The highest BCUT2D eigenvalue weighted by Gasteiger charge is 2.31. The molecule has 1 atom stereocenters. The summed E-state index contributed by atoms with van der Waals surface area (Å²) in [5.74, 6) is 0. The molecule has 0 aliphatic rings. The van der Waals surface area contributed by atoms with Gasteiger partial charge in [0.25, 0.3) is 0 Å². The fourth-order valence-electron chi connectivity index (χ4n) is 4.32. The number of rotatable bonds is 8. The first-order valence-corrected chi connectivity index (χ1v) is 14.3. The predicted molar refractivity (Wildman–Crippen MR) is 149 cm³/mol. The first-order chi connectivity index (χ1) is 16.2. The molecule has 3 heteroatoms. The van der Waals surface area contributed by atoms with Gasteiger partial charge in [0.1, 0.15) is 0 Å². The van der Waals surface area contributed by atoms with E-state index in [4.69, 9.17) is 11.8 Å². The minimum Gasteiger partial charge on any atom is -0.269 e. The lowest BCUT2D eigenvalue weighted by atomic mass is 9.95. The summed E-state index contributed by atoms with van der Waals surface area (Å²) in [5.41, 5.74) is 4.80. The molecule has 166 valence electrons. The largest absolute Gasteiger partial charge is 0.269 e. The van der Waals surface area contributed by atoms with E-state index in [1.54, 1.807) is 0 Å². The van der Waals surface area contributed by atoms with Crippen LogP contribution < -0.4 is 10.6 Å². The minimum absolute atomic E-state index is 0.917. The molecule has 0 radical (unpaired) electrons. The monoisotopic (exact) mass is 467 g/mol. The summed E-state index contributed by atoms with van der Waals surface area (Å²) in [5, 5.41) is 2.49. The van der Waals surface area contributed by atoms with Crippen LogP contribution in [-0.4, -0.2) is 17.8 Å². The van der Waals surface area contributed by atoms with Crippen LogP contribution in [0.4, 0.5) is 0 Å². The molecule has 0 unspecified atom stereocenters. The molecule has 0 aliphatic heterocycles. The third-order valence-corrected chi connectivity index (χ3v) is 11.3. The second-order valence-electron chi connectivity index (χ2n) is 7.90. The molecule has 0 heterocycles. The van der Waals surface area contributed by atoms with Crippen LogP contribution in [0.3, 0.4) is 0 Å². The van der Waals surface area contributed by atoms with E-state index in [9.17, 15) is 0 Å². The Balaban J connectivity index is 2.01. The van der Waals surface area contributed by atoms with Crippen LogP contribution in [0, 0.1) is 0 Å². The van der Waals surface area contributed by atoms with Crippen molar-refractivity contribution in [1.82, 2.24) is 4.67 Å². The Kier molecular flexibility index (Phi) is 7.73. The topological polar surface area (TPSA) is 3.24 Å².